The van der Waals surface area contributed by atoms with Crippen molar-refractivity contribution in [2.75, 3.05) is 6.54 Å². The van der Waals surface area contributed by atoms with Crippen LogP contribution in [0.5, 0.6) is 0 Å². The molecule has 2 nitrogen and oxygen atoms in total. The zero-order valence-corrected chi connectivity index (χ0v) is 12.4. The van der Waals surface area contributed by atoms with Crippen LogP contribution < -0.4 is 5.32 Å². The highest BCUT2D eigenvalue weighted by atomic mass is 35.5. The summed E-state index contributed by atoms with van der Waals surface area (Å²) < 4.78 is 0. The molecule has 0 spiro atoms. The molecule has 2 N–H and O–H groups in total. The third-order valence-electron chi connectivity index (χ3n) is 3.04. The molecule has 1 aromatic carbocycles. The lowest BCUT2D eigenvalue weighted by atomic mass is 10.1. The third kappa shape index (κ3) is 4.62. The van der Waals surface area contributed by atoms with Crippen LogP contribution in [0, 0.1) is 0 Å². The van der Waals surface area contributed by atoms with Crippen molar-refractivity contribution in [3.05, 3.63) is 57.2 Å². The second-order valence-corrected chi connectivity index (χ2v) is 5.93. The molecule has 0 saturated carbocycles. The van der Waals surface area contributed by atoms with Gasteiger partial charge in [-0.05, 0) is 53.4 Å². The average molecular weight is 296 g/mol. The van der Waals surface area contributed by atoms with E-state index in [0.717, 1.165) is 17.0 Å². The van der Waals surface area contributed by atoms with Gasteiger partial charge in [-0.3, -0.25) is 0 Å². The van der Waals surface area contributed by atoms with Gasteiger partial charge in [-0.15, -0.1) is 0 Å². The van der Waals surface area contributed by atoms with E-state index in [9.17, 15) is 5.11 Å². The molecule has 2 atom stereocenters. The Morgan fingerprint density at radius 3 is 2.63 bits per heavy atom. The Balaban J connectivity index is 1.78. The van der Waals surface area contributed by atoms with Gasteiger partial charge in [0.2, 0.25) is 0 Å². The Morgan fingerprint density at radius 2 is 2.00 bits per heavy atom. The van der Waals surface area contributed by atoms with Crippen molar-refractivity contribution in [1.82, 2.24) is 5.32 Å². The molecular weight excluding hydrogens is 278 g/mol. The van der Waals surface area contributed by atoms with Gasteiger partial charge in [-0.25, -0.2) is 0 Å². The molecular formula is C15H18ClNOS. The Bertz CT molecular complexity index is 483. The number of benzene rings is 1. The lowest BCUT2D eigenvalue weighted by molar-refractivity contribution is 0.171. The first-order chi connectivity index (χ1) is 9.15. The SMILES string of the molecule is CC(Cc1ccc(Cl)cc1)NCC(O)c1ccsc1. The maximum atomic E-state index is 9.99. The maximum Gasteiger partial charge on any atom is 0.0922 e. The molecule has 0 fully saturated rings. The van der Waals surface area contributed by atoms with Gasteiger partial charge in [0.05, 0.1) is 6.10 Å². The molecule has 2 aromatic rings. The average Bonchev–Trinajstić information content (AvgIpc) is 2.93. The number of halogens is 1. The van der Waals surface area contributed by atoms with Crippen LogP contribution in [-0.2, 0) is 6.42 Å². The van der Waals surface area contributed by atoms with Crippen LogP contribution in [0.1, 0.15) is 24.2 Å². The minimum absolute atomic E-state index is 0.314. The van der Waals surface area contributed by atoms with Crippen molar-refractivity contribution in [3.63, 3.8) is 0 Å². The molecule has 0 bridgehead atoms. The van der Waals surface area contributed by atoms with Crippen molar-refractivity contribution >= 4 is 22.9 Å². The Labute approximate surface area is 123 Å². The zero-order valence-electron chi connectivity index (χ0n) is 10.8. The topological polar surface area (TPSA) is 32.3 Å². The van der Waals surface area contributed by atoms with Crippen LogP contribution in [0.4, 0.5) is 0 Å². The van der Waals surface area contributed by atoms with Gasteiger partial charge in [0, 0.05) is 17.6 Å². The molecule has 19 heavy (non-hydrogen) atoms. The highest BCUT2D eigenvalue weighted by Gasteiger charge is 2.10. The summed E-state index contributed by atoms with van der Waals surface area (Å²) in [7, 11) is 0. The van der Waals surface area contributed by atoms with E-state index in [-0.39, 0.29) is 0 Å². The maximum absolute atomic E-state index is 9.99. The minimum Gasteiger partial charge on any atom is -0.387 e. The van der Waals surface area contributed by atoms with Gasteiger partial charge in [-0.2, -0.15) is 11.3 Å². The highest BCUT2D eigenvalue weighted by molar-refractivity contribution is 7.07. The third-order valence-corrected chi connectivity index (χ3v) is 4.00. The summed E-state index contributed by atoms with van der Waals surface area (Å²) in [5.74, 6) is 0. The fourth-order valence-corrected chi connectivity index (χ4v) is 2.77. The normalized spacial score (nSPS) is 14.3. The van der Waals surface area contributed by atoms with Gasteiger partial charge < -0.3 is 10.4 Å². The second kappa shape index (κ2) is 7.06. The monoisotopic (exact) mass is 295 g/mol. The summed E-state index contributed by atoms with van der Waals surface area (Å²) in [5.41, 5.74) is 2.23. The lowest BCUT2D eigenvalue weighted by Crippen LogP contribution is -2.31. The molecule has 1 heterocycles. The number of hydrogen-bond donors (Lipinski definition) is 2. The number of rotatable bonds is 6. The van der Waals surface area contributed by atoms with E-state index in [4.69, 9.17) is 11.6 Å². The molecule has 0 amide bonds. The quantitative estimate of drug-likeness (QED) is 0.852. The molecule has 0 saturated heterocycles. The van der Waals surface area contributed by atoms with Crippen molar-refractivity contribution < 1.29 is 5.11 Å². The first-order valence-electron chi connectivity index (χ1n) is 6.33. The molecule has 0 radical (unpaired) electrons. The van der Waals surface area contributed by atoms with Gasteiger partial charge in [-0.1, -0.05) is 23.7 Å². The van der Waals surface area contributed by atoms with Gasteiger partial charge in [0.15, 0.2) is 0 Å². The number of nitrogens with one attached hydrogen (secondary N) is 1. The Morgan fingerprint density at radius 1 is 1.26 bits per heavy atom. The lowest BCUT2D eigenvalue weighted by Gasteiger charge is -2.16. The number of hydrogen-bond acceptors (Lipinski definition) is 3. The minimum atomic E-state index is -0.432. The molecule has 0 aliphatic rings. The van der Waals surface area contributed by atoms with Gasteiger partial charge in [0.1, 0.15) is 0 Å². The van der Waals surface area contributed by atoms with Gasteiger partial charge in [0.25, 0.3) is 0 Å². The van der Waals surface area contributed by atoms with E-state index in [0.29, 0.717) is 12.6 Å². The van der Waals surface area contributed by atoms with Crippen LogP contribution in [0.15, 0.2) is 41.1 Å². The molecule has 4 heteroatoms. The summed E-state index contributed by atoms with van der Waals surface area (Å²) in [6, 6.07) is 10.2. The van der Waals surface area contributed by atoms with Crippen molar-refractivity contribution in [2.45, 2.75) is 25.5 Å². The number of thiophene rings is 1. The second-order valence-electron chi connectivity index (χ2n) is 4.71. The highest BCUT2D eigenvalue weighted by Crippen LogP contribution is 2.16. The molecule has 2 unspecified atom stereocenters. The van der Waals surface area contributed by atoms with Gasteiger partial charge >= 0.3 is 0 Å². The van der Waals surface area contributed by atoms with Crippen molar-refractivity contribution in [3.8, 4) is 0 Å². The zero-order chi connectivity index (χ0) is 13.7. The predicted molar refractivity (Wildman–Crippen MR) is 81.9 cm³/mol. The number of aliphatic hydroxyl groups excluding tert-OH is 1. The molecule has 102 valence electrons. The summed E-state index contributed by atoms with van der Waals surface area (Å²) >= 11 is 7.47. The molecule has 0 aliphatic heterocycles. The first-order valence-corrected chi connectivity index (χ1v) is 7.65. The molecule has 0 aliphatic carbocycles. The fraction of sp³-hybridized carbons (Fsp3) is 0.333. The smallest absolute Gasteiger partial charge is 0.0922 e. The Hall–Kier alpha value is -0.870. The van der Waals surface area contributed by atoms with Crippen molar-refractivity contribution in [1.29, 1.82) is 0 Å². The molecule has 1 aromatic heterocycles. The van der Waals surface area contributed by atoms with E-state index in [2.05, 4.69) is 12.2 Å². The molecule has 2 rings (SSSR count). The standard InChI is InChI=1S/C15H18ClNOS/c1-11(8-12-2-4-14(16)5-3-12)17-9-15(18)13-6-7-19-10-13/h2-7,10-11,15,17-18H,8-9H2,1H3. The predicted octanol–water partition coefficient (Wildman–Crippen LogP) is 3.66. The van der Waals surface area contributed by atoms with E-state index >= 15 is 0 Å². The fourth-order valence-electron chi connectivity index (χ4n) is 1.94. The van der Waals surface area contributed by atoms with Crippen LogP contribution in [-0.4, -0.2) is 17.7 Å². The van der Waals surface area contributed by atoms with Crippen LogP contribution in [0.3, 0.4) is 0 Å². The summed E-state index contributed by atoms with van der Waals surface area (Å²) in [6.45, 7) is 2.69. The Kier molecular flexibility index (Phi) is 5.40. The van der Waals surface area contributed by atoms with E-state index < -0.39 is 6.10 Å². The summed E-state index contributed by atoms with van der Waals surface area (Å²) in [5, 5.41) is 18.1. The van der Waals surface area contributed by atoms with Crippen LogP contribution >= 0.6 is 22.9 Å². The van der Waals surface area contributed by atoms with Crippen molar-refractivity contribution in [2.24, 2.45) is 0 Å². The number of aliphatic hydroxyl groups is 1. The summed E-state index contributed by atoms with van der Waals surface area (Å²) in [4.78, 5) is 0. The van der Waals surface area contributed by atoms with E-state index in [1.54, 1.807) is 11.3 Å². The van der Waals surface area contributed by atoms with Crippen LogP contribution in [0.25, 0.3) is 0 Å². The summed E-state index contributed by atoms with van der Waals surface area (Å²) in [6.07, 6.45) is 0.493. The van der Waals surface area contributed by atoms with Crippen LogP contribution in [0.2, 0.25) is 5.02 Å². The first kappa shape index (κ1) is 14.5. The van der Waals surface area contributed by atoms with E-state index in [1.165, 1.54) is 5.56 Å². The largest absolute Gasteiger partial charge is 0.387 e. The van der Waals surface area contributed by atoms with E-state index in [1.807, 2.05) is 41.1 Å².